The Kier molecular flexibility index (Phi) is 4.35. The first kappa shape index (κ1) is 13.8. The second-order valence-corrected chi connectivity index (χ2v) is 4.91. The van der Waals surface area contributed by atoms with Crippen LogP contribution < -0.4 is 10.6 Å². The lowest BCUT2D eigenvalue weighted by atomic mass is 10.1. The second-order valence-electron chi connectivity index (χ2n) is 4.48. The summed E-state index contributed by atoms with van der Waals surface area (Å²) in [5.41, 5.74) is 1.40. The van der Waals surface area contributed by atoms with Gasteiger partial charge in [-0.3, -0.25) is 9.78 Å². The predicted molar refractivity (Wildman–Crippen MR) is 78.5 cm³/mol. The molecule has 0 spiro atoms. The number of nitrogens with one attached hydrogen (secondary N) is 2. The number of hydrogen-bond acceptors (Lipinski definition) is 3. The van der Waals surface area contributed by atoms with Gasteiger partial charge in [0, 0.05) is 29.1 Å². The van der Waals surface area contributed by atoms with Gasteiger partial charge in [-0.15, -0.1) is 0 Å². The van der Waals surface area contributed by atoms with E-state index in [9.17, 15) is 4.79 Å². The van der Waals surface area contributed by atoms with E-state index in [1.165, 1.54) is 0 Å². The number of pyridine rings is 1. The predicted octanol–water partition coefficient (Wildman–Crippen LogP) is 2.68. The molecule has 0 aliphatic heterocycles. The number of carbonyl (C=O) groups excluding carboxylic acids is 1. The van der Waals surface area contributed by atoms with E-state index < -0.39 is 0 Å². The highest BCUT2D eigenvalue weighted by atomic mass is 35.5. The third-order valence-electron chi connectivity index (χ3n) is 2.89. The lowest BCUT2D eigenvalue weighted by Gasteiger charge is -2.13. The van der Waals surface area contributed by atoms with Crippen LogP contribution >= 0.6 is 11.6 Å². The van der Waals surface area contributed by atoms with Gasteiger partial charge in [-0.2, -0.15) is 0 Å². The lowest BCUT2D eigenvalue weighted by Crippen LogP contribution is -2.28. The zero-order valence-corrected chi connectivity index (χ0v) is 11.7. The van der Waals surface area contributed by atoms with Gasteiger partial charge in [-0.25, -0.2) is 0 Å². The van der Waals surface area contributed by atoms with Crippen LogP contribution in [0, 0.1) is 5.92 Å². The van der Waals surface area contributed by atoms with E-state index in [1.54, 1.807) is 12.3 Å². The number of hydrogen-bond donors (Lipinski definition) is 2. The minimum atomic E-state index is -0.122. The topological polar surface area (TPSA) is 54.0 Å². The zero-order valence-electron chi connectivity index (χ0n) is 10.9. The Hall–Kier alpha value is -1.65. The normalized spacial score (nSPS) is 12.4. The van der Waals surface area contributed by atoms with E-state index in [2.05, 4.69) is 15.6 Å². The minimum Gasteiger partial charge on any atom is -0.324 e. The number of amides is 1. The summed E-state index contributed by atoms with van der Waals surface area (Å²) in [6.45, 7) is 2.49. The van der Waals surface area contributed by atoms with Crippen LogP contribution in [0.5, 0.6) is 0 Å². The van der Waals surface area contributed by atoms with E-state index in [-0.39, 0.29) is 11.8 Å². The molecular weight excluding hydrogens is 262 g/mol. The standard InChI is InChI=1S/C14H16ClN3O/c1-9(8-16-2)14(19)18-12-7-11(15)6-10-4-3-5-17-13(10)12/h3-7,9,16H,8H2,1-2H3,(H,18,19). The Morgan fingerprint density at radius 3 is 3.00 bits per heavy atom. The molecule has 0 fully saturated rings. The van der Waals surface area contributed by atoms with E-state index in [4.69, 9.17) is 11.6 Å². The number of carbonyl (C=O) groups is 1. The highest BCUT2D eigenvalue weighted by Gasteiger charge is 2.14. The van der Waals surface area contributed by atoms with E-state index in [0.717, 1.165) is 10.9 Å². The zero-order chi connectivity index (χ0) is 13.8. The molecule has 0 bridgehead atoms. The number of fused-ring (bicyclic) bond motifs is 1. The molecule has 1 heterocycles. The lowest BCUT2D eigenvalue weighted by molar-refractivity contribution is -0.119. The molecule has 4 nitrogen and oxygen atoms in total. The highest BCUT2D eigenvalue weighted by molar-refractivity contribution is 6.32. The number of rotatable bonds is 4. The van der Waals surface area contributed by atoms with Crippen molar-refractivity contribution in [1.82, 2.24) is 10.3 Å². The summed E-state index contributed by atoms with van der Waals surface area (Å²) in [7, 11) is 1.82. The number of benzene rings is 1. The summed E-state index contributed by atoms with van der Waals surface area (Å²) in [6.07, 6.45) is 1.70. The first-order valence-electron chi connectivity index (χ1n) is 6.11. The van der Waals surface area contributed by atoms with Crippen molar-refractivity contribution in [3.05, 3.63) is 35.5 Å². The maximum Gasteiger partial charge on any atom is 0.228 e. The Morgan fingerprint density at radius 1 is 1.47 bits per heavy atom. The van der Waals surface area contributed by atoms with Crippen LogP contribution in [0.1, 0.15) is 6.92 Å². The van der Waals surface area contributed by atoms with Gasteiger partial charge in [0.15, 0.2) is 0 Å². The SMILES string of the molecule is CNCC(C)C(=O)Nc1cc(Cl)cc2cccnc12. The Bertz CT molecular complexity index is 600. The van der Waals surface area contributed by atoms with Crippen LogP contribution in [0.25, 0.3) is 10.9 Å². The molecule has 1 aromatic carbocycles. The molecule has 1 atom stereocenters. The minimum absolute atomic E-state index is 0.0523. The molecule has 0 radical (unpaired) electrons. The van der Waals surface area contributed by atoms with Gasteiger partial charge >= 0.3 is 0 Å². The Balaban J connectivity index is 2.32. The first-order valence-corrected chi connectivity index (χ1v) is 6.49. The molecule has 5 heteroatoms. The molecular formula is C14H16ClN3O. The van der Waals surface area contributed by atoms with Crippen molar-refractivity contribution < 1.29 is 4.79 Å². The van der Waals surface area contributed by atoms with Gasteiger partial charge in [-0.1, -0.05) is 24.6 Å². The summed E-state index contributed by atoms with van der Waals surface area (Å²) in [6, 6.07) is 7.31. The monoisotopic (exact) mass is 277 g/mol. The molecule has 0 aliphatic rings. The van der Waals surface area contributed by atoms with Gasteiger partial charge in [0.25, 0.3) is 0 Å². The fourth-order valence-electron chi connectivity index (χ4n) is 1.91. The summed E-state index contributed by atoms with van der Waals surface area (Å²) in [4.78, 5) is 16.3. The number of nitrogens with zero attached hydrogens (tertiary/aromatic N) is 1. The molecule has 19 heavy (non-hydrogen) atoms. The van der Waals surface area contributed by atoms with E-state index in [0.29, 0.717) is 17.3 Å². The Morgan fingerprint density at radius 2 is 2.26 bits per heavy atom. The smallest absolute Gasteiger partial charge is 0.228 e. The van der Waals surface area contributed by atoms with Crippen molar-refractivity contribution in [3.63, 3.8) is 0 Å². The molecule has 100 valence electrons. The van der Waals surface area contributed by atoms with Crippen molar-refractivity contribution in [1.29, 1.82) is 0 Å². The molecule has 1 unspecified atom stereocenters. The average Bonchev–Trinajstić information content (AvgIpc) is 2.38. The van der Waals surface area contributed by atoms with E-state index in [1.807, 2.05) is 32.2 Å². The van der Waals surface area contributed by atoms with Crippen molar-refractivity contribution in [2.75, 3.05) is 18.9 Å². The van der Waals surface area contributed by atoms with Crippen molar-refractivity contribution in [2.24, 2.45) is 5.92 Å². The third kappa shape index (κ3) is 3.22. The van der Waals surface area contributed by atoms with Crippen molar-refractivity contribution in [2.45, 2.75) is 6.92 Å². The quantitative estimate of drug-likeness (QED) is 0.903. The van der Waals surface area contributed by atoms with Gasteiger partial charge in [0.05, 0.1) is 11.2 Å². The number of aromatic nitrogens is 1. The summed E-state index contributed by atoms with van der Waals surface area (Å²) in [5.74, 6) is -0.175. The largest absolute Gasteiger partial charge is 0.324 e. The van der Waals surface area contributed by atoms with Crippen LogP contribution in [0.15, 0.2) is 30.5 Å². The van der Waals surface area contributed by atoms with Gasteiger partial charge in [0.2, 0.25) is 5.91 Å². The molecule has 2 N–H and O–H groups in total. The molecule has 0 saturated carbocycles. The van der Waals surface area contributed by atoms with E-state index >= 15 is 0 Å². The summed E-state index contributed by atoms with van der Waals surface area (Å²) < 4.78 is 0. The average molecular weight is 278 g/mol. The first-order chi connectivity index (χ1) is 9.11. The van der Waals surface area contributed by atoms with Crippen LogP contribution in [-0.2, 0) is 4.79 Å². The fraction of sp³-hybridized carbons (Fsp3) is 0.286. The van der Waals surface area contributed by atoms with Crippen molar-refractivity contribution >= 4 is 34.1 Å². The van der Waals surface area contributed by atoms with Gasteiger partial charge in [0.1, 0.15) is 0 Å². The molecule has 1 aromatic heterocycles. The molecule has 1 amide bonds. The molecule has 0 aliphatic carbocycles. The second kappa shape index (κ2) is 5.99. The molecule has 0 saturated heterocycles. The van der Waals surface area contributed by atoms with Crippen LogP contribution in [0.3, 0.4) is 0 Å². The molecule has 2 rings (SSSR count). The number of halogens is 1. The van der Waals surface area contributed by atoms with Crippen LogP contribution in [-0.4, -0.2) is 24.5 Å². The summed E-state index contributed by atoms with van der Waals surface area (Å²) >= 11 is 6.06. The maximum atomic E-state index is 12.0. The van der Waals surface area contributed by atoms with Crippen molar-refractivity contribution in [3.8, 4) is 0 Å². The number of anilines is 1. The maximum absolute atomic E-state index is 12.0. The summed E-state index contributed by atoms with van der Waals surface area (Å²) in [5, 5.41) is 7.35. The Labute approximate surface area is 117 Å². The molecule has 2 aromatic rings. The fourth-order valence-corrected chi connectivity index (χ4v) is 2.13. The van der Waals surface area contributed by atoms with Gasteiger partial charge in [-0.05, 0) is 25.2 Å². The van der Waals surface area contributed by atoms with Crippen LogP contribution in [0.2, 0.25) is 5.02 Å². The third-order valence-corrected chi connectivity index (χ3v) is 3.10. The van der Waals surface area contributed by atoms with Gasteiger partial charge < -0.3 is 10.6 Å². The van der Waals surface area contributed by atoms with Crippen LogP contribution in [0.4, 0.5) is 5.69 Å². The highest BCUT2D eigenvalue weighted by Crippen LogP contribution is 2.26.